The van der Waals surface area contributed by atoms with Crippen LogP contribution in [-0.4, -0.2) is 12.6 Å². The highest BCUT2D eigenvalue weighted by atomic mass is 32.1. The Morgan fingerprint density at radius 1 is 0.947 bits per heavy atom. The molecule has 2 aromatic rings. The van der Waals surface area contributed by atoms with E-state index in [1.165, 1.54) is 20.9 Å². The first kappa shape index (κ1) is 12.8. The minimum Gasteiger partial charge on any atom is -0.297 e. The predicted molar refractivity (Wildman–Crippen MR) is 79.8 cm³/mol. The summed E-state index contributed by atoms with van der Waals surface area (Å²) in [6, 6.07) is 4.07. The Morgan fingerprint density at radius 2 is 1.37 bits per heavy atom. The van der Waals surface area contributed by atoms with E-state index in [1.54, 1.807) is 22.7 Å². The molecule has 4 heteroatoms. The van der Waals surface area contributed by atoms with E-state index in [2.05, 4.69) is 13.8 Å². The molecule has 0 spiro atoms. The lowest BCUT2D eigenvalue weighted by atomic mass is 9.75. The van der Waals surface area contributed by atoms with Crippen LogP contribution in [-0.2, 0) is 5.41 Å². The first-order valence-corrected chi connectivity index (χ1v) is 8.02. The van der Waals surface area contributed by atoms with Crippen LogP contribution >= 0.6 is 22.7 Å². The zero-order chi connectivity index (χ0) is 13.6. The fourth-order valence-electron chi connectivity index (χ4n) is 3.14. The SMILES string of the molecule is CCC1(CC)c2cc(C=O)sc2-c2sc(C=O)cc21. The van der Waals surface area contributed by atoms with E-state index in [4.69, 9.17) is 0 Å². The second-order valence-corrected chi connectivity index (χ2v) is 6.98. The zero-order valence-corrected chi connectivity index (χ0v) is 12.5. The van der Waals surface area contributed by atoms with Crippen LogP contribution in [0, 0.1) is 0 Å². The Bertz CT molecular complexity index is 605. The van der Waals surface area contributed by atoms with Gasteiger partial charge in [-0.3, -0.25) is 9.59 Å². The molecule has 0 radical (unpaired) electrons. The minimum atomic E-state index is -0.0137. The van der Waals surface area contributed by atoms with Gasteiger partial charge >= 0.3 is 0 Å². The van der Waals surface area contributed by atoms with Gasteiger partial charge in [-0.25, -0.2) is 0 Å². The molecule has 2 nitrogen and oxygen atoms in total. The van der Waals surface area contributed by atoms with Crippen LogP contribution < -0.4 is 0 Å². The average Bonchev–Trinajstić information content (AvgIpc) is 3.08. The van der Waals surface area contributed by atoms with Gasteiger partial charge in [-0.05, 0) is 36.1 Å². The van der Waals surface area contributed by atoms with Crippen molar-refractivity contribution in [2.75, 3.05) is 0 Å². The molecule has 0 aliphatic heterocycles. The number of hydrogen-bond acceptors (Lipinski definition) is 4. The largest absolute Gasteiger partial charge is 0.297 e. The Labute approximate surface area is 120 Å². The molecule has 1 aliphatic rings. The number of aldehydes is 2. The van der Waals surface area contributed by atoms with E-state index >= 15 is 0 Å². The fourth-order valence-corrected chi connectivity index (χ4v) is 5.45. The first-order valence-electron chi connectivity index (χ1n) is 6.39. The van der Waals surface area contributed by atoms with Gasteiger partial charge in [0, 0.05) is 15.2 Å². The molecule has 2 heterocycles. The maximum Gasteiger partial charge on any atom is 0.160 e. The lowest BCUT2D eigenvalue weighted by Gasteiger charge is -2.27. The highest BCUT2D eigenvalue weighted by Crippen LogP contribution is 2.58. The normalized spacial score (nSPS) is 15.1. The first-order chi connectivity index (χ1) is 9.20. The summed E-state index contributed by atoms with van der Waals surface area (Å²) in [5.41, 5.74) is 2.55. The van der Waals surface area contributed by atoms with Gasteiger partial charge in [0.2, 0.25) is 0 Å². The van der Waals surface area contributed by atoms with E-state index in [0.717, 1.165) is 35.2 Å². The lowest BCUT2D eigenvalue weighted by Crippen LogP contribution is -2.22. The summed E-state index contributed by atoms with van der Waals surface area (Å²) in [5.74, 6) is 0. The van der Waals surface area contributed by atoms with Crippen LogP contribution in [0.2, 0.25) is 0 Å². The van der Waals surface area contributed by atoms with Crippen molar-refractivity contribution in [3.63, 3.8) is 0 Å². The molecule has 0 unspecified atom stereocenters. The predicted octanol–water partition coefficient (Wildman–Crippen LogP) is 4.52. The van der Waals surface area contributed by atoms with Crippen molar-refractivity contribution in [3.05, 3.63) is 33.0 Å². The van der Waals surface area contributed by atoms with Crippen molar-refractivity contribution in [3.8, 4) is 9.75 Å². The van der Waals surface area contributed by atoms with Crippen molar-refractivity contribution in [2.45, 2.75) is 32.1 Å². The molecule has 0 atom stereocenters. The van der Waals surface area contributed by atoms with E-state index < -0.39 is 0 Å². The van der Waals surface area contributed by atoms with Crippen molar-refractivity contribution in [1.82, 2.24) is 0 Å². The van der Waals surface area contributed by atoms with Gasteiger partial charge < -0.3 is 0 Å². The van der Waals surface area contributed by atoms with E-state index in [1.807, 2.05) is 12.1 Å². The maximum atomic E-state index is 11.0. The molecule has 98 valence electrons. The van der Waals surface area contributed by atoms with E-state index in [-0.39, 0.29) is 5.41 Å². The van der Waals surface area contributed by atoms with Gasteiger partial charge in [-0.15, -0.1) is 22.7 Å². The molecule has 0 bridgehead atoms. The van der Waals surface area contributed by atoms with Crippen molar-refractivity contribution in [1.29, 1.82) is 0 Å². The number of hydrogen-bond donors (Lipinski definition) is 0. The van der Waals surface area contributed by atoms with Gasteiger partial charge in [0.15, 0.2) is 12.6 Å². The quantitative estimate of drug-likeness (QED) is 0.776. The number of carbonyl (C=O) groups excluding carboxylic acids is 2. The van der Waals surface area contributed by atoms with Gasteiger partial charge in [0.1, 0.15) is 0 Å². The third kappa shape index (κ3) is 1.53. The van der Waals surface area contributed by atoms with Gasteiger partial charge in [-0.1, -0.05) is 13.8 Å². The topological polar surface area (TPSA) is 34.1 Å². The van der Waals surface area contributed by atoms with Crippen LogP contribution in [0.3, 0.4) is 0 Å². The van der Waals surface area contributed by atoms with Gasteiger partial charge in [0.05, 0.1) is 9.75 Å². The number of thiophene rings is 2. The summed E-state index contributed by atoms with van der Waals surface area (Å²) in [5, 5.41) is 0. The molecular weight excluding hydrogens is 276 g/mol. The van der Waals surface area contributed by atoms with Crippen LogP contribution in [0.25, 0.3) is 9.75 Å². The average molecular weight is 290 g/mol. The van der Waals surface area contributed by atoms with Crippen LogP contribution in [0.5, 0.6) is 0 Å². The third-order valence-corrected chi connectivity index (χ3v) is 6.46. The molecule has 1 aliphatic carbocycles. The summed E-state index contributed by atoms with van der Waals surface area (Å²) >= 11 is 3.10. The standard InChI is InChI=1S/C15H14O2S2/c1-3-15(4-2)11-5-9(7-16)18-13(11)14-12(15)6-10(8-17)19-14/h5-8H,3-4H2,1-2H3. The van der Waals surface area contributed by atoms with Crippen LogP contribution in [0.15, 0.2) is 12.1 Å². The summed E-state index contributed by atoms with van der Waals surface area (Å²) < 4.78 is 0. The molecule has 0 saturated heterocycles. The molecule has 0 fully saturated rings. The minimum absolute atomic E-state index is 0.0137. The second-order valence-electron chi connectivity index (χ2n) is 4.81. The Hall–Kier alpha value is -1.26. The molecular formula is C15H14O2S2. The van der Waals surface area contributed by atoms with E-state index in [0.29, 0.717) is 0 Å². The van der Waals surface area contributed by atoms with Crippen molar-refractivity contribution in [2.24, 2.45) is 0 Å². The van der Waals surface area contributed by atoms with Gasteiger partial charge in [-0.2, -0.15) is 0 Å². The van der Waals surface area contributed by atoms with Crippen LogP contribution in [0.4, 0.5) is 0 Å². The third-order valence-electron chi connectivity index (χ3n) is 4.18. The highest BCUT2D eigenvalue weighted by molar-refractivity contribution is 7.24. The molecule has 0 N–H and O–H groups in total. The van der Waals surface area contributed by atoms with Crippen molar-refractivity contribution >= 4 is 35.2 Å². The molecule has 0 amide bonds. The molecule has 0 aromatic carbocycles. The molecule has 2 aromatic heterocycles. The fraction of sp³-hybridized carbons (Fsp3) is 0.333. The Balaban J connectivity index is 2.33. The zero-order valence-electron chi connectivity index (χ0n) is 10.9. The number of fused-ring (bicyclic) bond motifs is 3. The smallest absolute Gasteiger partial charge is 0.160 e. The molecule has 0 saturated carbocycles. The summed E-state index contributed by atoms with van der Waals surface area (Å²) in [7, 11) is 0. The second kappa shape index (κ2) is 4.39. The molecule has 3 rings (SSSR count). The number of rotatable bonds is 4. The summed E-state index contributed by atoms with van der Waals surface area (Å²) in [6.07, 6.45) is 3.83. The van der Waals surface area contributed by atoms with Crippen LogP contribution in [0.1, 0.15) is 57.2 Å². The Kier molecular flexibility index (Phi) is 2.95. The monoisotopic (exact) mass is 290 g/mol. The van der Waals surface area contributed by atoms with Gasteiger partial charge in [0.25, 0.3) is 0 Å². The maximum absolute atomic E-state index is 11.0. The number of carbonyl (C=O) groups is 2. The summed E-state index contributed by atoms with van der Waals surface area (Å²) in [6.45, 7) is 4.36. The lowest BCUT2D eigenvalue weighted by molar-refractivity contribution is 0.111. The van der Waals surface area contributed by atoms with E-state index in [9.17, 15) is 9.59 Å². The highest BCUT2D eigenvalue weighted by Gasteiger charge is 2.43. The molecule has 19 heavy (non-hydrogen) atoms. The Morgan fingerprint density at radius 3 is 1.68 bits per heavy atom. The summed E-state index contributed by atoms with van der Waals surface area (Å²) in [4.78, 5) is 26.0. The van der Waals surface area contributed by atoms with Crippen molar-refractivity contribution < 1.29 is 9.59 Å².